The van der Waals surface area contributed by atoms with Crippen LogP contribution in [0.3, 0.4) is 0 Å². The number of hydrogen-bond acceptors (Lipinski definition) is 3. The summed E-state index contributed by atoms with van der Waals surface area (Å²) in [4.78, 5) is 24.1. The first-order chi connectivity index (χ1) is 8.99. The van der Waals surface area contributed by atoms with Crippen molar-refractivity contribution in [3.05, 3.63) is 24.3 Å². The molecule has 5 nitrogen and oxygen atoms in total. The zero-order chi connectivity index (χ0) is 14.0. The van der Waals surface area contributed by atoms with Gasteiger partial charge in [0.25, 0.3) is 0 Å². The van der Waals surface area contributed by atoms with Gasteiger partial charge in [-0.15, -0.1) is 0 Å². The monoisotopic (exact) mass is 270 g/mol. The van der Waals surface area contributed by atoms with Gasteiger partial charge in [-0.25, -0.2) is 0 Å². The Balaban J connectivity index is 2.27. The van der Waals surface area contributed by atoms with Crippen LogP contribution in [0, 0.1) is 5.92 Å². The van der Waals surface area contributed by atoms with E-state index in [9.17, 15) is 18.4 Å². The van der Waals surface area contributed by atoms with Crippen LogP contribution in [-0.2, 0) is 9.59 Å². The SMILES string of the molecule is NC(=O)[C@@H]1CC(=O)N(c2ccccc2OC(F)F)C1. The van der Waals surface area contributed by atoms with Crippen molar-refractivity contribution in [1.82, 2.24) is 0 Å². The van der Waals surface area contributed by atoms with Gasteiger partial charge in [0.1, 0.15) is 5.75 Å². The van der Waals surface area contributed by atoms with Crippen molar-refractivity contribution in [3.8, 4) is 5.75 Å². The van der Waals surface area contributed by atoms with Crippen LogP contribution in [0.1, 0.15) is 6.42 Å². The molecule has 1 aromatic rings. The number of hydrogen-bond donors (Lipinski definition) is 1. The van der Waals surface area contributed by atoms with Crippen molar-refractivity contribution in [1.29, 1.82) is 0 Å². The summed E-state index contributed by atoms with van der Waals surface area (Å²) in [5.41, 5.74) is 5.37. The average molecular weight is 270 g/mol. The van der Waals surface area contributed by atoms with Gasteiger partial charge in [0.15, 0.2) is 0 Å². The summed E-state index contributed by atoms with van der Waals surface area (Å²) in [5, 5.41) is 0. The predicted molar refractivity (Wildman–Crippen MR) is 62.7 cm³/mol. The van der Waals surface area contributed by atoms with Gasteiger partial charge < -0.3 is 15.4 Å². The zero-order valence-electron chi connectivity index (χ0n) is 9.88. The number of rotatable bonds is 4. The highest BCUT2D eigenvalue weighted by Gasteiger charge is 2.35. The molecule has 2 rings (SSSR count). The smallest absolute Gasteiger partial charge is 0.387 e. The van der Waals surface area contributed by atoms with Crippen LogP contribution >= 0.6 is 0 Å². The third kappa shape index (κ3) is 2.81. The Bertz CT molecular complexity index is 508. The summed E-state index contributed by atoms with van der Waals surface area (Å²) in [6, 6.07) is 5.94. The Labute approximate surface area is 107 Å². The second kappa shape index (κ2) is 5.21. The highest BCUT2D eigenvalue weighted by atomic mass is 19.3. The molecule has 7 heteroatoms. The minimum atomic E-state index is -2.98. The molecule has 2 amide bonds. The highest BCUT2D eigenvalue weighted by Crippen LogP contribution is 2.33. The van der Waals surface area contributed by atoms with Crippen LogP contribution in [0.25, 0.3) is 0 Å². The Morgan fingerprint density at radius 2 is 2.11 bits per heavy atom. The number of halogens is 2. The number of primary amides is 1. The molecule has 0 saturated carbocycles. The first-order valence-corrected chi connectivity index (χ1v) is 5.62. The first kappa shape index (κ1) is 13.3. The van der Waals surface area contributed by atoms with E-state index in [1.807, 2.05) is 0 Å². The van der Waals surface area contributed by atoms with E-state index in [4.69, 9.17) is 5.73 Å². The predicted octanol–water partition coefficient (Wildman–Crippen LogP) is 1.13. The topological polar surface area (TPSA) is 72.6 Å². The van der Waals surface area contributed by atoms with E-state index in [1.54, 1.807) is 6.07 Å². The fourth-order valence-corrected chi connectivity index (χ4v) is 2.01. The molecule has 1 saturated heterocycles. The van der Waals surface area contributed by atoms with E-state index in [1.165, 1.54) is 23.1 Å². The molecule has 1 aliphatic rings. The molecule has 0 aliphatic carbocycles. The third-order valence-corrected chi connectivity index (χ3v) is 2.90. The molecule has 0 radical (unpaired) electrons. The molecule has 0 unspecified atom stereocenters. The van der Waals surface area contributed by atoms with Crippen molar-refractivity contribution >= 4 is 17.5 Å². The molecule has 0 aromatic heterocycles. The van der Waals surface area contributed by atoms with Crippen LogP contribution in [0.2, 0.25) is 0 Å². The van der Waals surface area contributed by atoms with Crippen LogP contribution < -0.4 is 15.4 Å². The summed E-state index contributed by atoms with van der Waals surface area (Å²) >= 11 is 0. The Hall–Kier alpha value is -2.18. The van der Waals surface area contributed by atoms with Crippen LogP contribution in [0.5, 0.6) is 5.75 Å². The number of alkyl halides is 2. The largest absolute Gasteiger partial charge is 0.433 e. The quantitative estimate of drug-likeness (QED) is 0.891. The normalized spacial score (nSPS) is 19.0. The maximum absolute atomic E-state index is 12.3. The lowest BCUT2D eigenvalue weighted by Crippen LogP contribution is -2.28. The molecule has 2 N–H and O–H groups in total. The minimum Gasteiger partial charge on any atom is -0.433 e. The molecule has 1 heterocycles. The van der Waals surface area contributed by atoms with E-state index >= 15 is 0 Å². The standard InChI is InChI=1S/C12H12F2N2O3/c13-12(14)19-9-4-2-1-3-8(9)16-6-7(11(15)18)5-10(16)17/h1-4,7,12H,5-6H2,(H2,15,18)/t7-/m1/s1. The fraction of sp³-hybridized carbons (Fsp3) is 0.333. The number of carbonyl (C=O) groups excluding carboxylic acids is 2. The molecule has 1 aliphatic heterocycles. The molecule has 1 fully saturated rings. The lowest BCUT2D eigenvalue weighted by Gasteiger charge is -2.19. The number of carbonyl (C=O) groups is 2. The van der Waals surface area contributed by atoms with Crippen molar-refractivity contribution < 1.29 is 23.1 Å². The number of benzene rings is 1. The molecular formula is C12H12F2N2O3. The molecule has 102 valence electrons. The average Bonchev–Trinajstić information content (AvgIpc) is 2.71. The van der Waals surface area contributed by atoms with Gasteiger partial charge >= 0.3 is 6.61 Å². The summed E-state index contributed by atoms with van der Waals surface area (Å²) < 4.78 is 28.9. The maximum atomic E-state index is 12.3. The fourth-order valence-electron chi connectivity index (χ4n) is 2.01. The van der Waals surface area contributed by atoms with Gasteiger partial charge in [0.2, 0.25) is 11.8 Å². The van der Waals surface area contributed by atoms with Crippen molar-refractivity contribution in [2.24, 2.45) is 11.7 Å². The second-order valence-electron chi connectivity index (χ2n) is 4.15. The van der Waals surface area contributed by atoms with E-state index < -0.39 is 18.4 Å². The van der Waals surface area contributed by atoms with E-state index in [0.717, 1.165) is 0 Å². The summed E-state index contributed by atoms with van der Waals surface area (Å²) in [7, 11) is 0. The van der Waals surface area contributed by atoms with E-state index in [-0.39, 0.29) is 30.3 Å². The first-order valence-electron chi connectivity index (χ1n) is 5.62. The maximum Gasteiger partial charge on any atom is 0.387 e. The Morgan fingerprint density at radius 1 is 1.42 bits per heavy atom. The number of nitrogens with zero attached hydrogens (tertiary/aromatic N) is 1. The molecule has 1 atom stereocenters. The van der Waals surface area contributed by atoms with Crippen LogP contribution in [-0.4, -0.2) is 25.0 Å². The number of ether oxygens (including phenoxy) is 1. The molecule has 0 spiro atoms. The molecular weight excluding hydrogens is 258 g/mol. The van der Waals surface area contributed by atoms with Gasteiger partial charge in [-0.1, -0.05) is 12.1 Å². The van der Waals surface area contributed by atoms with Crippen LogP contribution in [0.4, 0.5) is 14.5 Å². The lowest BCUT2D eigenvalue weighted by molar-refractivity contribution is -0.123. The van der Waals surface area contributed by atoms with E-state index in [2.05, 4.69) is 4.74 Å². The number of anilines is 1. The number of amides is 2. The molecule has 1 aromatic carbocycles. The van der Waals surface area contributed by atoms with Crippen molar-refractivity contribution in [3.63, 3.8) is 0 Å². The van der Waals surface area contributed by atoms with Crippen LogP contribution in [0.15, 0.2) is 24.3 Å². The third-order valence-electron chi connectivity index (χ3n) is 2.90. The number of nitrogens with two attached hydrogens (primary N) is 1. The second-order valence-corrected chi connectivity index (χ2v) is 4.15. The summed E-state index contributed by atoms with van der Waals surface area (Å²) in [6.45, 7) is -2.90. The number of para-hydroxylation sites is 2. The lowest BCUT2D eigenvalue weighted by atomic mass is 10.1. The van der Waals surface area contributed by atoms with Gasteiger partial charge in [0, 0.05) is 13.0 Å². The minimum absolute atomic E-state index is 0.0155. The molecule has 0 bridgehead atoms. The van der Waals surface area contributed by atoms with Gasteiger partial charge in [-0.05, 0) is 12.1 Å². The summed E-state index contributed by atoms with van der Waals surface area (Å²) in [5.74, 6) is -1.62. The van der Waals surface area contributed by atoms with Gasteiger partial charge in [-0.2, -0.15) is 8.78 Å². The zero-order valence-corrected chi connectivity index (χ0v) is 9.88. The highest BCUT2D eigenvalue weighted by molar-refractivity contribution is 6.01. The van der Waals surface area contributed by atoms with Crippen molar-refractivity contribution in [2.45, 2.75) is 13.0 Å². The summed E-state index contributed by atoms with van der Waals surface area (Å²) in [6.07, 6.45) is -0.0155. The Kier molecular flexibility index (Phi) is 3.64. The van der Waals surface area contributed by atoms with E-state index in [0.29, 0.717) is 0 Å². The van der Waals surface area contributed by atoms with Crippen molar-refractivity contribution in [2.75, 3.05) is 11.4 Å². The van der Waals surface area contributed by atoms with Gasteiger partial charge in [0.05, 0.1) is 11.6 Å². The Morgan fingerprint density at radius 3 is 2.68 bits per heavy atom. The molecule has 19 heavy (non-hydrogen) atoms. The van der Waals surface area contributed by atoms with Gasteiger partial charge in [-0.3, -0.25) is 9.59 Å².